The zero-order chi connectivity index (χ0) is 18.5. The number of nitrogens with two attached hydrogens (primary N) is 1. The van der Waals surface area contributed by atoms with Crippen LogP contribution in [0.25, 0.3) is 11.1 Å². The molecular formula is C20H29ClN4O2. The van der Waals surface area contributed by atoms with Crippen LogP contribution in [0.4, 0.5) is 0 Å². The number of hydrogen-bond acceptors (Lipinski definition) is 5. The lowest BCUT2D eigenvalue weighted by atomic mass is 9.89. The molecule has 1 amide bonds. The molecule has 1 aliphatic heterocycles. The first-order chi connectivity index (χ1) is 12.3. The van der Waals surface area contributed by atoms with E-state index < -0.39 is 0 Å². The van der Waals surface area contributed by atoms with Crippen LogP contribution in [0, 0.1) is 5.41 Å². The Bertz CT molecular complexity index is 838. The normalized spacial score (nSPS) is 20.6. The van der Waals surface area contributed by atoms with Crippen molar-refractivity contribution in [2.45, 2.75) is 64.8 Å². The molecule has 2 aromatic heterocycles. The first kappa shape index (κ1) is 20.1. The molecule has 0 bridgehead atoms. The maximum absolute atomic E-state index is 13.3. The van der Waals surface area contributed by atoms with Crippen molar-refractivity contribution in [3.63, 3.8) is 0 Å². The van der Waals surface area contributed by atoms with Gasteiger partial charge in [-0.05, 0) is 43.6 Å². The molecule has 1 unspecified atom stereocenters. The lowest BCUT2D eigenvalue weighted by Crippen LogP contribution is -2.45. The molecule has 148 valence electrons. The average molecular weight is 393 g/mol. The Balaban J connectivity index is 0.00000210. The molecule has 0 radical (unpaired) electrons. The SMILES string of the molecule is CC(C)(C)Cc1noc2nc(C3CC3)cc(C(=O)N3CCCC(N)C3)c12.Cl. The number of halogens is 1. The molecule has 2 N–H and O–H groups in total. The van der Waals surface area contributed by atoms with E-state index in [-0.39, 0.29) is 29.8 Å². The molecule has 3 heterocycles. The molecule has 0 aromatic carbocycles. The van der Waals surface area contributed by atoms with Gasteiger partial charge >= 0.3 is 0 Å². The highest BCUT2D eigenvalue weighted by Gasteiger charge is 2.32. The second-order valence-corrected chi connectivity index (χ2v) is 9.07. The number of nitrogens with zero attached hydrogens (tertiary/aromatic N) is 3. The lowest BCUT2D eigenvalue weighted by molar-refractivity contribution is 0.0710. The van der Waals surface area contributed by atoms with Crippen molar-refractivity contribution in [3.8, 4) is 0 Å². The minimum atomic E-state index is 0. The molecule has 2 aromatic rings. The van der Waals surface area contributed by atoms with E-state index in [1.54, 1.807) is 0 Å². The van der Waals surface area contributed by atoms with Crippen molar-refractivity contribution in [1.82, 2.24) is 15.0 Å². The van der Waals surface area contributed by atoms with E-state index in [0.29, 0.717) is 23.7 Å². The molecule has 27 heavy (non-hydrogen) atoms. The number of likely N-dealkylation sites (tertiary alicyclic amines) is 1. The van der Waals surface area contributed by atoms with Crippen molar-refractivity contribution in [3.05, 3.63) is 23.0 Å². The van der Waals surface area contributed by atoms with Gasteiger partial charge in [-0.1, -0.05) is 25.9 Å². The van der Waals surface area contributed by atoms with Crippen LogP contribution in [0.5, 0.6) is 0 Å². The van der Waals surface area contributed by atoms with Gasteiger partial charge in [-0.2, -0.15) is 0 Å². The van der Waals surface area contributed by atoms with Gasteiger partial charge < -0.3 is 15.2 Å². The molecule has 6 nitrogen and oxygen atoms in total. The van der Waals surface area contributed by atoms with Crippen LogP contribution < -0.4 is 5.73 Å². The summed E-state index contributed by atoms with van der Waals surface area (Å²) in [5.74, 6) is 0.485. The number of pyridine rings is 1. The summed E-state index contributed by atoms with van der Waals surface area (Å²) in [6, 6.07) is 2.04. The Morgan fingerprint density at radius 2 is 2.07 bits per heavy atom. The van der Waals surface area contributed by atoms with Crippen LogP contribution in [-0.2, 0) is 6.42 Å². The van der Waals surface area contributed by atoms with Crippen molar-refractivity contribution >= 4 is 29.4 Å². The molecule has 1 atom stereocenters. The third kappa shape index (κ3) is 4.27. The molecule has 1 saturated heterocycles. The molecule has 7 heteroatoms. The summed E-state index contributed by atoms with van der Waals surface area (Å²) in [6.45, 7) is 7.84. The summed E-state index contributed by atoms with van der Waals surface area (Å²) in [5, 5.41) is 5.06. The number of amides is 1. The predicted octanol–water partition coefficient (Wildman–Crippen LogP) is 3.67. The Labute approximate surface area is 166 Å². The number of aromatic nitrogens is 2. The Morgan fingerprint density at radius 3 is 2.70 bits per heavy atom. The first-order valence-electron chi connectivity index (χ1n) is 9.66. The van der Waals surface area contributed by atoms with Crippen LogP contribution in [0.1, 0.15) is 74.1 Å². The average Bonchev–Trinajstić information content (AvgIpc) is 3.35. The van der Waals surface area contributed by atoms with Gasteiger partial charge in [-0.25, -0.2) is 4.98 Å². The highest BCUT2D eigenvalue weighted by molar-refractivity contribution is 6.06. The summed E-state index contributed by atoms with van der Waals surface area (Å²) in [6.07, 6.45) is 4.93. The van der Waals surface area contributed by atoms with Crippen molar-refractivity contribution in [2.24, 2.45) is 11.1 Å². The van der Waals surface area contributed by atoms with Crippen molar-refractivity contribution < 1.29 is 9.32 Å². The van der Waals surface area contributed by atoms with E-state index in [4.69, 9.17) is 10.3 Å². The number of rotatable bonds is 3. The summed E-state index contributed by atoms with van der Waals surface area (Å²) < 4.78 is 5.56. The topological polar surface area (TPSA) is 85.2 Å². The van der Waals surface area contributed by atoms with Crippen molar-refractivity contribution in [2.75, 3.05) is 13.1 Å². The van der Waals surface area contributed by atoms with Gasteiger partial charge in [0.1, 0.15) is 0 Å². The molecule has 1 saturated carbocycles. The largest absolute Gasteiger partial charge is 0.337 e. The van der Waals surface area contributed by atoms with E-state index >= 15 is 0 Å². The standard InChI is InChI=1S/C20H28N4O2.ClH/c1-20(2,3)10-16-17-14(19(25)24-8-4-5-13(21)11-24)9-15(12-6-7-12)22-18(17)26-23-16;/h9,12-13H,4-8,10-11,21H2,1-3H3;1H. The highest BCUT2D eigenvalue weighted by Crippen LogP contribution is 2.41. The van der Waals surface area contributed by atoms with Gasteiger partial charge in [0.05, 0.1) is 16.6 Å². The smallest absolute Gasteiger partial charge is 0.259 e. The number of hydrogen-bond donors (Lipinski definition) is 1. The monoisotopic (exact) mass is 392 g/mol. The number of carbonyl (C=O) groups is 1. The zero-order valence-corrected chi connectivity index (χ0v) is 17.1. The molecule has 1 aliphatic carbocycles. The van der Waals surface area contributed by atoms with E-state index in [1.807, 2.05) is 11.0 Å². The Morgan fingerprint density at radius 1 is 1.33 bits per heavy atom. The maximum Gasteiger partial charge on any atom is 0.259 e. The zero-order valence-electron chi connectivity index (χ0n) is 16.3. The third-order valence-corrected chi connectivity index (χ3v) is 5.21. The fraction of sp³-hybridized carbons (Fsp3) is 0.650. The maximum atomic E-state index is 13.3. The lowest BCUT2D eigenvalue weighted by Gasteiger charge is -2.31. The van der Waals surface area contributed by atoms with Gasteiger partial charge in [0.2, 0.25) is 0 Å². The summed E-state index contributed by atoms with van der Waals surface area (Å²) in [7, 11) is 0. The molecule has 4 rings (SSSR count). The molecular weight excluding hydrogens is 364 g/mol. The fourth-order valence-corrected chi connectivity index (χ4v) is 3.77. The van der Waals surface area contributed by atoms with Crippen molar-refractivity contribution in [1.29, 1.82) is 0 Å². The summed E-state index contributed by atoms with van der Waals surface area (Å²) in [5.41, 5.74) is 9.12. The minimum absolute atomic E-state index is 0. The van der Waals surface area contributed by atoms with Crippen LogP contribution in [0.2, 0.25) is 0 Å². The summed E-state index contributed by atoms with van der Waals surface area (Å²) in [4.78, 5) is 19.9. The molecule has 0 spiro atoms. The van der Waals surface area contributed by atoms with Crippen LogP contribution in [-0.4, -0.2) is 40.1 Å². The third-order valence-electron chi connectivity index (χ3n) is 5.21. The van der Waals surface area contributed by atoms with Gasteiger partial charge in [-0.3, -0.25) is 4.79 Å². The van der Waals surface area contributed by atoms with E-state index in [2.05, 4.69) is 30.9 Å². The first-order valence-corrected chi connectivity index (χ1v) is 9.66. The fourth-order valence-electron chi connectivity index (χ4n) is 3.77. The number of fused-ring (bicyclic) bond motifs is 1. The van der Waals surface area contributed by atoms with Gasteiger partial charge in [0, 0.05) is 30.7 Å². The van der Waals surface area contributed by atoms with Gasteiger partial charge in [-0.15, -0.1) is 12.4 Å². The van der Waals surface area contributed by atoms with Crippen LogP contribution in [0.3, 0.4) is 0 Å². The number of carbonyl (C=O) groups excluding carboxylic acids is 1. The second-order valence-electron chi connectivity index (χ2n) is 9.07. The van der Waals surface area contributed by atoms with Crippen LogP contribution >= 0.6 is 12.4 Å². The number of piperidine rings is 1. The van der Waals surface area contributed by atoms with E-state index in [0.717, 1.165) is 55.4 Å². The Kier molecular flexibility index (Phi) is 5.50. The predicted molar refractivity (Wildman–Crippen MR) is 107 cm³/mol. The minimum Gasteiger partial charge on any atom is -0.337 e. The quantitative estimate of drug-likeness (QED) is 0.861. The summed E-state index contributed by atoms with van der Waals surface area (Å²) >= 11 is 0. The molecule has 2 aliphatic rings. The Hall–Kier alpha value is -1.66. The highest BCUT2D eigenvalue weighted by atomic mass is 35.5. The second kappa shape index (κ2) is 7.40. The van der Waals surface area contributed by atoms with E-state index in [1.165, 1.54) is 0 Å². The van der Waals surface area contributed by atoms with Gasteiger partial charge in [0.15, 0.2) is 0 Å². The van der Waals surface area contributed by atoms with Gasteiger partial charge in [0.25, 0.3) is 11.6 Å². The van der Waals surface area contributed by atoms with E-state index in [9.17, 15) is 4.79 Å². The molecule has 2 fully saturated rings. The van der Waals surface area contributed by atoms with Crippen LogP contribution in [0.15, 0.2) is 10.6 Å².